The Kier molecular flexibility index (Phi) is 16.5. The quantitative estimate of drug-likeness (QED) is 0.0315. The van der Waals surface area contributed by atoms with E-state index < -0.39 is 17.7 Å². The van der Waals surface area contributed by atoms with Crippen LogP contribution in [0.2, 0.25) is 0 Å². The highest BCUT2D eigenvalue weighted by Gasteiger charge is 2.44. The van der Waals surface area contributed by atoms with Crippen LogP contribution in [-0.4, -0.2) is 43.3 Å². The average molecular weight is 841 g/mol. The molecular weight excluding hydrogens is 781 g/mol. The molecular formula is C51H60N4O7. The van der Waals surface area contributed by atoms with Gasteiger partial charge < -0.3 is 19.1 Å². The first-order chi connectivity index (χ1) is 29.3. The first-order valence-electron chi connectivity index (χ1n) is 21.0. The van der Waals surface area contributed by atoms with Gasteiger partial charge in [0.2, 0.25) is 6.41 Å². The lowest BCUT2D eigenvalue weighted by Gasteiger charge is -2.31. The maximum atomic E-state index is 13.2. The van der Waals surface area contributed by atoms with Crippen LogP contribution >= 0.6 is 0 Å². The zero-order valence-corrected chi connectivity index (χ0v) is 37.8. The summed E-state index contributed by atoms with van der Waals surface area (Å²) in [6.45, 7) is 20.0. The van der Waals surface area contributed by atoms with Crippen LogP contribution in [0.1, 0.15) is 99.1 Å². The summed E-state index contributed by atoms with van der Waals surface area (Å²) in [7, 11) is 1.64. The van der Waals surface area contributed by atoms with Crippen molar-refractivity contribution in [3.63, 3.8) is 0 Å². The summed E-state index contributed by atoms with van der Waals surface area (Å²) in [4.78, 5) is 50.0. The molecule has 0 aromatic heterocycles. The third-order valence-electron chi connectivity index (χ3n) is 11.1. The summed E-state index contributed by atoms with van der Waals surface area (Å²) in [5.41, 5.74) is 4.40. The second-order valence-corrected chi connectivity index (χ2v) is 17.1. The van der Waals surface area contributed by atoms with Crippen molar-refractivity contribution in [3.05, 3.63) is 125 Å². The number of nitriles is 1. The Morgan fingerprint density at radius 2 is 1.56 bits per heavy atom. The van der Waals surface area contributed by atoms with E-state index in [-0.39, 0.29) is 22.9 Å². The fourth-order valence-electron chi connectivity index (χ4n) is 6.98. The predicted molar refractivity (Wildman–Crippen MR) is 246 cm³/mol. The van der Waals surface area contributed by atoms with Gasteiger partial charge in [-0.2, -0.15) is 15.4 Å². The molecule has 3 aromatic rings. The Bertz CT molecular complexity index is 2270. The number of nitrogens with zero attached hydrogens (tertiary/aromatic N) is 4. The van der Waals surface area contributed by atoms with E-state index in [0.717, 1.165) is 12.0 Å². The van der Waals surface area contributed by atoms with Gasteiger partial charge in [-0.15, -0.1) is 0 Å². The number of ether oxygens (including phenoxy) is 3. The van der Waals surface area contributed by atoms with Crippen LogP contribution < -0.4 is 19.4 Å². The number of amides is 2. The molecule has 0 N–H and O–H groups in total. The fourth-order valence-corrected chi connectivity index (χ4v) is 6.98. The van der Waals surface area contributed by atoms with Crippen molar-refractivity contribution >= 4 is 48.1 Å². The molecule has 326 valence electrons. The van der Waals surface area contributed by atoms with Gasteiger partial charge in [0.25, 0.3) is 0 Å². The van der Waals surface area contributed by atoms with Gasteiger partial charge >= 0.3 is 18.0 Å². The van der Waals surface area contributed by atoms with Gasteiger partial charge in [0.05, 0.1) is 17.8 Å². The largest absolute Gasteiger partial charge is 0.442 e. The van der Waals surface area contributed by atoms with Crippen molar-refractivity contribution < 1.29 is 33.4 Å². The number of carbonyl (C=O) groups excluding carboxylic acids is 4. The molecule has 11 heteroatoms. The predicted octanol–water partition coefficient (Wildman–Crippen LogP) is 11.4. The van der Waals surface area contributed by atoms with Gasteiger partial charge in [-0.3, -0.25) is 9.59 Å². The van der Waals surface area contributed by atoms with Crippen LogP contribution in [0.3, 0.4) is 0 Å². The SMILES string of the molecule is CCC(C)C(=O)Oc1cccc(N(/N=C\C2=C(C)C3C=CC=CC3C2(C)C)C(=O)OC(C)(C)C)c1.CCC(C)c1ccc(OC(=O)C(C#N)=Cc2ccc(N(C)C=O)cc2)cc1. The smallest absolute Gasteiger partial charge is 0.435 e. The molecule has 0 radical (unpaired) electrons. The van der Waals surface area contributed by atoms with Crippen LogP contribution in [-0.2, 0) is 19.1 Å². The van der Waals surface area contributed by atoms with Gasteiger partial charge in [0, 0.05) is 24.7 Å². The summed E-state index contributed by atoms with van der Waals surface area (Å²) < 4.78 is 16.5. The van der Waals surface area contributed by atoms with E-state index in [1.807, 2.05) is 52.8 Å². The van der Waals surface area contributed by atoms with Gasteiger partial charge in [0.1, 0.15) is 28.7 Å². The van der Waals surface area contributed by atoms with E-state index in [1.165, 1.54) is 27.1 Å². The molecule has 0 heterocycles. The third kappa shape index (κ3) is 12.5. The van der Waals surface area contributed by atoms with Crippen LogP contribution in [0, 0.1) is 34.5 Å². The number of hydrazone groups is 1. The lowest BCUT2D eigenvalue weighted by molar-refractivity contribution is -0.138. The van der Waals surface area contributed by atoms with E-state index in [4.69, 9.17) is 14.2 Å². The van der Waals surface area contributed by atoms with Crippen LogP contribution in [0.25, 0.3) is 6.08 Å². The highest BCUT2D eigenvalue weighted by atomic mass is 16.6. The standard InChI is InChI=1S/C29H38N2O4.C22H22N2O3/c1-9-19(2)26(32)34-22-14-12-13-21(17-22)31(27(33)35-28(4,5)6)30-18-25-20(3)23-15-10-11-16-24(23)29(25,7)8;1-4-16(2)18-7-11-21(12-8-18)27-22(26)19(14-23)13-17-5-9-20(10-6-17)24(3)15-25/h10-19,23-24H,9H2,1-8H3;5-13,15-16H,4H2,1-3H3/b30-18-;. The molecule has 0 fully saturated rings. The maximum Gasteiger partial charge on any atom is 0.435 e. The van der Waals surface area contributed by atoms with E-state index >= 15 is 0 Å². The second-order valence-electron chi connectivity index (χ2n) is 17.1. The molecule has 3 aromatic carbocycles. The topological polar surface area (TPSA) is 139 Å². The normalized spacial score (nSPS) is 17.5. The fraction of sp³-hybridized carbons (Fsp3) is 0.373. The number of rotatable bonds is 13. The number of esters is 2. The molecule has 2 aliphatic carbocycles. The van der Waals surface area contributed by atoms with E-state index in [2.05, 4.69) is 64.0 Å². The Balaban J connectivity index is 0.000000282. The summed E-state index contributed by atoms with van der Waals surface area (Å²) >= 11 is 0. The van der Waals surface area contributed by atoms with Gasteiger partial charge in [-0.25, -0.2) is 9.59 Å². The molecule has 5 rings (SSSR count). The van der Waals surface area contributed by atoms with Crippen molar-refractivity contribution in [2.75, 3.05) is 17.0 Å². The Labute approximate surface area is 367 Å². The number of allylic oxidation sites excluding steroid dienone is 6. The summed E-state index contributed by atoms with van der Waals surface area (Å²) in [5.74, 6) is 0.611. The lowest BCUT2D eigenvalue weighted by Crippen LogP contribution is -2.34. The zero-order chi connectivity index (χ0) is 45.8. The first kappa shape index (κ1) is 48.1. The summed E-state index contributed by atoms with van der Waals surface area (Å²) in [5, 5.41) is 15.1. The van der Waals surface area contributed by atoms with E-state index in [0.29, 0.717) is 59.0 Å². The molecule has 4 unspecified atom stereocenters. The third-order valence-corrected chi connectivity index (χ3v) is 11.1. The van der Waals surface area contributed by atoms with Gasteiger partial charge in [-0.05, 0) is 117 Å². The lowest BCUT2D eigenvalue weighted by atomic mass is 9.73. The van der Waals surface area contributed by atoms with Crippen LogP contribution in [0.15, 0.2) is 119 Å². The molecule has 0 saturated heterocycles. The Hall–Kier alpha value is -6.54. The van der Waals surface area contributed by atoms with Crippen LogP contribution in [0.4, 0.5) is 16.2 Å². The van der Waals surface area contributed by atoms with E-state index in [9.17, 15) is 24.4 Å². The maximum absolute atomic E-state index is 13.2. The number of hydrogen-bond acceptors (Lipinski definition) is 9. The van der Waals surface area contributed by atoms with E-state index in [1.54, 1.807) is 73.9 Å². The van der Waals surface area contributed by atoms with Crippen molar-refractivity contribution in [2.45, 2.75) is 93.6 Å². The molecule has 2 aliphatic rings. The van der Waals surface area contributed by atoms with Gasteiger partial charge in [0.15, 0.2) is 0 Å². The summed E-state index contributed by atoms with van der Waals surface area (Å²) in [6.07, 6.45) is 13.7. The van der Waals surface area contributed by atoms with Crippen molar-refractivity contribution in [1.82, 2.24) is 0 Å². The molecule has 0 bridgehead atoms. The number of anilines is 2. The number of hydrogen-bond donors (Lipinski definition) is 0. The molecule has 0 aliphatic heterocycles. The average Bonchev–Trinajstić information content (AvgIpc) is 3.45. The van der Waals surface area contributed by atoms with Crippen molar-refractivity contribution in [2.24, 2.45) is 28.3 Å². The molecule has 11 nitrogen and oxygen atoms in total. The number of benzene rings is 3. The molecule has 0 saturated carbocycles. The molecule has 62 heavy (non-hydrogen) atoms. The molecule has 0 spiro atoms. The number of fused-ring (bicyclic) bond motifs is 1. The molecule has 2 amide bonds. The van der Waals surface area contributed by atoms with Crippen molar-refractivity contribution in [1.29, 1.82) is 5.26 Å². The highest BCUT2D eigenvalue weighted by Crippen LogP contribution is 2.52. The van der Waals surface area contributed by atoms with Crippen LogP contribution in [0.5, 0.6) is 11.5 Å². The first-order valence-corrected chi connectivity index (χ1v) is 21.0. The highest BCUT2D eigenvalue weighted by molar-refractivity contribution is 5.99. The minimum atomic E-state index is -0.706. The zero-order valence-electron chi connectivity index (χ0n) is 37.8. The monoisotopic (exact) mass is 840 g/mol. The Morgan fingerprint density at radius 1 is 0.903 bits per heavy atom. The minimum Gasteiger partial charge on any atom is -0.442 e. The second kappa shape index (κ2) is 21.3. The number of carbonyl (C=O) groups is 4. The van der Waals surface area contributed by atoms with Gasteiger partial charge in [-0.1, -0.05) is 102 Å². The summed E-state index contributed by atoms with van der Waals surface area (Å²) in [6, 6.07) is 22.9. The Morgan fingerprint density at radius 3 is 2.15 bits per heavy atom. The molecule has 4 atom stereocenters. The minimum absolute atomic E-state index is 0.0995. The van der Waals surface area contributed by atoms with Crippen molar-refractivity contribution in [3.8, 4) is 17.6 Å².